The quantitative estimate of drug-likeness (QED) is 0.197. The molecule has 256 valence electrons. The van der Waals surface area contributed by atoms with E-state index >= 15 is 0 Å². The van der Waals surface area contributed by atoms with Crippen molar-refractivity contribution in [1.82, 2.24) is 10.6 Å². The molecule has 4 atom stereocenters. The zero-order chi connectivity index (χ0) is 33.2. The third kappa shape index (κ3) is 6.98. The highest BCUT2D eigenvalue weighted by Crippen LogP contribution is 2.44. The van der Waals surface area contributed by atoms with Crippen LogP contribution in [0.1, 0.15) is 46.9 Å². The molecule has 0 radical (unpaired) electrons. The molecule has 0 aromatic heterocycles. The van der Waals surface area contributed by atoms with E-state index in [1.165, 1.54) is 24.3 Å². The summed E-state index contributed by atoms with van der Waals surface area (Å²) in [5.74, 6) is 4.49. The second-order valence-electron chi connectivity index (χ2n) is 13.2. The summed E-state index contributed by atoms with van der Waals surface area (Å²) in [6.45, 7) is 4.68. The van der Waals surface area contributed by atoms with Crippen LogP contribution in [0.4, 0.5) is 8.78 Å². The first-order chi connectivity index (χ1) is 24.1. The lowest BCUT2D eigenvalue weighted by molar-refractivity contribution is 0.173. The molecule has 10 heteroatoms. The molecule has 4 aliphatic rings. The lowest BCUT2D eigenvalue weighted by atomic mass is 9.81. The van der Waals surface area contributed by atoms with Crippen LogP contribution in [0.3, 0.4) is 0 Å². The van der Waals surface area contributed by atoms with E-state index < -0.39 is 0 Å². The fourth-order valence-electron chi connectivity index (χ4n) is 7.57. The number of rotatable bonds is 10. The summed E-state index contributed by atoms with van der Waals surface area (Å²) < 4.78 is 63.7. The third-order valence-electron chi connectivity index (χ3n) is 10.2. The minimum absolute atomic E-state index is 0.153. The third-order valence-corrected chi connectivity index (χ3v) is 10.2. The van der Waals surface area contributed by atoms with Crippen LogP contribution in [0, 0.1) is 23.5 Å². The molecule has 2 N–H and O–H groups in total. The summed E-state index contributed by atoms with van der Waals surface area (Å²) in [5.41, 5.74) is 4.11. The van der Waals surface area contributed by atoms with Crippen molar-refractivity contribution in [2.75, 3.05) is 53.0 Å². The predicted octanol–water partition coefficient (Wildman–Crippen LogP) is 6.56. The van der Waals surface area contributed by atoms with Crippen molar-refractivity contribution in [1.29, 1.82) is 0 Å². The topological polar surface area (TPSA) is 79.4 Å². The highest BCUT2D eigenvalue weighted by Gasteiger charge is 2.30. The van der Waals surface area contributed by atoms with Gasteiger partial charge in [-0.3, -0.25) is 0 Å². The molecule has 0 saturated carbocycles. The zero-order valence-electron chi connectivity index (χ0n) is 27.2. The van der Waals surface area contributed by atoms with Crippen molar-refractivity contribution in [2.24, 2.45) is 11.8 Å². The van der Waals surface area contributed by atoms with Gasteiger partial charge in [0, 0.05) is 54.6 Å². The van der Waals surface area contributed by atoms with Crippen molar-refractivity contribution < 1.29 is 37.2 Å². The van der Waals surface area contributed by atoms with Crippen LogP contribution in [0.25, 0.3) is 0 Å². The van der Waals surface area contributed by atoms with Crippen LogP contribution in [-0.4, -0.2) is 53.0 Å². The maximum Gasteiger partial charge on any atom is 0.231 e. The van der Waals surface area contributed by atoms with E-state index in [-0.39, 0.29) is 48.9 Å². The fraction of sp³-hybridized carbons (Fsp3) is 0.385. The molecule has 4 aromatic rings. The Balaban J connectivity index is 1.04. The Hall–Kier alpha value is -4.54. The first-order valence-corrected chi connectivity index (χ1v) is 17.1. The molecule has 0 spiro atoms. The average molecular weight is 671 g/mol. The van der Waals surface area contributed by atoms with Crippen LogP contribution in [0.5, 0.6) is 34.5 Å². The van der Waals surface area contributed by atoms with E-state index in [4.69, 9.17) is 28.4 Å². The van der Waals surface area contributed by atoms with Crippen LogP contribution in [0.2, 0.25) is 0 Å². The lowest BCUT2D eigenvalue weighted by Gasteiger charge is -2.33. The standard InChI is InChI=1S/C39H40F2N2O6/c40-30-5-1-24(2-6-30)32-9-11-42-18-28(32)20-44-34-16-38-36(46-22-48-38)14-26(34)13-27-15-37-39(49-23-47-37)17-35(27)45-21-29-19-43-12-10-33(29)25-3-7-31(41)8-4-25/h1-8,14-17,28-29,32-33,42-43H,9-13,18-23H2/t28-,29?,32-,33-/m0/s1. The maximum absolute atomic E-state index is 13.7. The van der Waals surface area contributed by atoms with Crippen LogP contribution < -0.4 is 39.1 Å². The van der Waals surface area contributed by atoms with E-state index in [0.717, 1.165) is 61.3 Å². The minimum atomic E-state index is -0.231. The number of halogens is 2. The molecule has 0 amide bonds. The summed E-state index contributed by atoms with van der Waals surface area (Å²) in [7, 11) is 0. The van der Waals surface area contributed by atoms with Gasteiger partial charge in [0.05, 0.1) is 13.2 Å². The van der Waals surface area contributed by atoms with Gasteiger partial charge in [0.2, 0.25) is 13.6 Å². The van der Waals surface area contributed by atoms with E-state index in [0.29, 0.717) is 54.1 Å². The highest BCUT2D eigenvalue weighted by molar-refractivity contribution is 5.57. The number of ether oxygens (including phenoxy) is 6. The molecule has 4 aromatic carbocycles. The predicted molar refractivity (Wildman–Crippen MR) is 179 cm³/mol. The largest absolute Gasteiger partial charge is 0.493 e. The molecular formula is C39H40F2N2O6. The lowest BCUT2D eigenvalue weighted by Crippen LogP contribution is -2.38. The second-order valence-corrected chi connectivity index (χ2v) is 13.2. The summed E-state index contributed by atoms with van der Waals surface area (Å²) in [6.07, 6.45) is 2.39. The smallest absolute Gasteiger partial charge is 0.231 e. The van der Waals surface area contributed by atoms with Crippen molar-refractivity contribution in [3.63, 3.8) is 0 Å². The van der Waals surface area contributed by atoms with E-state index in [1.807, 2.05) is 48.5 Å². The summed E-state index contributed by atoms with van der Waals surface area (Å²) in [4.78, 5) is 0. The Labute approximate surface area is 284 Å². The van der Waals surface area contributed by atoms with Gasteiger partial charge in [0.25, 0.3) is 0 Å². The summed E-state index contributed by atoms with van der Waals surface area (Å²) >= 11 is 0. The van der Waals surface area contributed by atoms with Gasteiger partial charge in [0.15, 0.2) is 23.0 Å². The molecular weight excluding hydrogens is 630 g/mol. The van der Waals surface area contributed by atoms with Gasteiger partial charge in [-0.15, -0.1) is 0 Å². The molecule has 1 unspecified atom stereocenters. The van der Waals surface area contributed by atoms with Gasteiger partial charge in [-0.1, -0.05) is 24.3 Å². The molecule has 0 bridgehead atoms. The fourth-order valence-corrected chi connectivity index (χ4v) is 7.57. The van der Waals surface area contributed by atoms with Crippen LogP contribution >= 0.6 is 0 Å². The second kappa shape index (κ2) is 14.1. The average Bonchev–Trinajstić information content (AvgIpc) is 3.79. The first-order valence-electron chi connectivity index (χ1n) is 17.1. The van der Waals surface area contributed by atoms with Gasteiger partial charge < -0.3 is 39.1 Å². The number of nitrogens with one attached hydrogen (secondary N) is 2. The number of hydrogen-bond donors (Lipinski definition) is 2. The Kier molecular flexibility index (Phi) is 9.15. The highest BCUT2D eigenvalue weighted by atomic mass is 19.1. The zero-order valence-corrected chi connectivity index (χ0v) is 27.2. The van der Waals surface area contributed by atoms with Crippen molar-refractivity contribution >= 4 is 0 Å². The maximum atomic E-state index is 13.7. The van der Waals surface area contributed by atoms with Gasteiger partial charge in [-0.2, -0.15) is 0 Å². The molecule has 8 nitrogen and oxygen atoms in total. The molecule has 2 fully saturated rings. The first kappa shape index (κ1) is 31.7. The molecule has 8 rings (SSSR count). The van der Waals surface area contributed by atoms with Crippen molar-refractivity contribution in [3.8, 4) is 34.5 Å². The number of benzene rings is 4. The SMILES string of the molecule is Fc1ccc([C@@H]2CCNCC2COc2cc3c(cc2Cc2cc4c(cc2OC[C@@H]2CNCC[C@H]2c2ccc(F)cc2)OCO4)OCO3)cc1. The Morgan fingerprint density at radius 3 is 1.41 bits per heavy atom. The normalized spacial score (nSPS) is 22.6. The molecule has 4 aliphatic heterocycles. The molecule has 49 heavy (non-hydrogen) atoms. The molecule has 2 saturated heterocycles. The molecule has 0 aliphatic carbocycles. The minimum Gasteiger partial charge on any atom is -0.493 e. The number of hydrogen-bond acceptors (Lipinski definition) is 8. The number of fused-ring (bicyclic) bond motifs is 2. The summed E-state index contributed by atoms with van der Waals surface area (Å²) in [5, 5.41) is 7.01. The van der Waals surface area contributed by atoms with Crippen LogP contribution in [0.15, 0.2) is 72.8 Å². The Bertz CT molecular complexity index is 1640. The monoisotopic (exact) mass is 670 g/mol. The van der Waals surface area contributed by atoms with Gasteiger partial charge >= 0.3 is 0 Å². The van der Waals surface area contributed by atoms with E-state index in [9.17, 15) is 8.78 Å². The summed E-state index contributed by atoms with van der Waals surface area (Å²) in [6, 6.07) is 21.5. The van der Waals surface area contributed by atoms with Gasteiger partial charge in [-0.25, -0.2) is 8.78 Å². The Morgan fingerprint density at radius 2 is 0.980 bits per heavy atom. The number of piperidine rings is 2. The van der Waals surface area contributed by atoms with Gasteiger partial charge in [-0.05, 0) is 85.3 Å². The molecule has 4 heterocycles. The Morgan fingerprint density at radius 1 is 0.571 bits per heavy atom. The van der Waals surface area contributed by atoms with Crippen molar-refractivity contribution in [3.05, 3.63) is 107 Å². The van der Waals surface area contributed by atoms with Gasteiger partial charge in [0.1, 0.15) is 23.1 Å². The van der Waals surface area contributed by atoms with Crippen LogP contribution in [-0.2, 0) is 6.42 Å². The van der Waals surface area contributed by atoms with Crippen molar-refractivity contribution in [2.45, 2.75) is 31.1 Å². The van der Waals surface area contributed by atoms with E-state index in [2.05, 4.69) is 10.6 Å². The van der Waals surface area contributed by atoms with E-state index in [1.54, 1.807) is 0 Å².